The van der Waals surface area contributed by atoms with Gasteiger partial charge in [0, 0.05) is 11.1 Å². The van der Waals surface area contributed by atoms with Gasteiger partial charge in [0.05, 0.1) is 13.1 Å². The molecule has 0 saturated heterocycles. The minimum absolute atomic E-state index is 0.122. The third-order valence-corrected chi connectivity index (χ3v) is 4.98. The highest BCUT2D eigenvalue weighted by Gasteiger charge is 2.18. The molecular formula is C20H16N4O2S. The number of carbonyl (C=O) groups excluding carboxylic acids is 1. The summed E-state index contributed by atoms with van der Waals surface area (Å²) in [7, 11) is 0. The maximum atomic E-state index is 13.0. The van der Waals surface area contributed by atoms with E-state index < -0.39 is 11.5 Å². The SMILES string of the molecule is O=C(NCc1cccs1)c1nc2cccnc2n(Cc2ccccc2)c1=O. The van der Waals surface area contributed by atoms with Gasteiger partial charge in [0.1, 0.15) is 5.52 Å². The van der Waals surface area contributed by atoms with E-state index in [2.05, 4.69) is 15.3 Å². The highest BCUT2D eigenvalue weighted by atomic mass is 32.1. The van der Waals surface area contributed by atoms with Crippen LogP contribution in [0.5, 0.6) is 0 Å². The number of thiophene rings is 1. The molecule has 0 saturated carbocycles. The van der Waals surface area contributed by atoms with E-state index in [9.17, 15) is 9.59 Å². The number of benzene rings is 1. The molecule has 0 aliphatic carbocycles. The van der Waals surface area contributed by atoms with E-state index in [1.54, 1.807) is 29.7 Å². The lowest BCUT2D eigenvalue weighted by Crippen LogP contribution is -2.35. The van der Waals surface area contributed by atoms with Crippen LogP contribution in [0, 0.1) is 0 Å². The molecule has 1 aromatic carbocycles. The largest absolute Gasteiger partial charge is 0.346 e. The number of aromatic nitrogens is 3. The van der Waals surface area contributed by atoms with Crippen LogP contribution in [-0.4, -0.2) is 20.4 Å². The van der Waals surface area contributed by atoms with Crippen LogP contribution in [0.1, 0.15) is 20.9 Å². The Kier molecular flexibility index (Phi) is 4.76. The second-order valence-electron chi connectivity index (χ2n) is 5.95. The molecule has 27 heavy (non-hydrogen) atoms. The Bertz CT molecular complexity index is 1140. The smallest absolute Gasteiger partial charge is 0.284 e. The monoisotopic (exact) mass is 376 g/mol. The Hall–Kier alpha value is -3.32. The third kappa shape index (κ3) is 3.63. The number of nitrogens with one attached hydrogen (secondary N) is 1. The lowest BCUT2D eigenvalue weighted by molar-refractivity contribution is 0.0944. The Labute approximate surface area is 159 Å². The molecule has 3 aromatic heterocycles. The van der Waals surface area contributed by atoms with Crippen LogP contribution in [0.15, 0.2) is 71.0 Å². The van der Waals surface area contributed by atoms with Gasteiger partial charge in [0.25, 0.3) is 11.5 Å². The molecule has 7 heteroatoms. The maximum Gasteiger partial charge on any atom is 0.284 e. The molecule has 6 nitrogen and oxygen atoms in total. The lowest BCUT2D eigenvalue weighted by atomic mass is 10.2. The van der Waals surface area contributed by atoms with Gasteiger partial charge in [0.15, 0.2) is 11.3 Å². The number of amides is 1. The van der Waals surface area contributed by atoms with E-state index in [1.165, 1.54) is 4.57 Å². The average Bonchev–Trinajstić information content (AvgIpc) is 3.22. The summed E-state index contributed by atoms with van der Waals surface area (Å²) < 4.78 is 1.50. The molecule has 0 fully saturated rings. The van der Waals surface area contributed by atoms with E-state index in [1.807, 2.05) is 47.8 Å². The summed E-state index contributed by atoms with van der Waals surface area (Å²) in [5, 5.41) is 4.71. The number of pyridine rings is 1. The van der Waals surface area contributed by atoms with Crippen LogP contribution in [0.3, 0.4) is 0 Å². The van der Waals surface area contributed by atoms with Crippen LogP contribution >= 0.6 is 11.3 Å². The summed E-state index contributed by atoms with van der Waals surface area (Å²) in [6.45, 7) is 0.683. The third-order valence-electron chi connectivity index (χ3n) is 4.10. The average molecular weight is 376 g/mol. The highest BCUT2D eigenvalue weighted by Crippen LogP contribution is 2.11. The highest BCUT2D eigenvalue weighted by molar-refractivity contribution is 7.09. The number of hydrogen-bond donors (Lipinski definition) is 1. The molecule has 0 bridgehead atoms. The minimum Gasteiger partial charge on any atom is -0.346 e. The van der Waals surface area contributed by atoms with Crippen LogP contribution in [0.25, 0.3) is 11.2 Å². The maximum absolute atomic E-state index is 13.0. The van der Waals surface area contributed by atoms with E-state index in [4.69, 9.17) is 0 Å². The van der Waals surface area contributed by atoms with Gasteiger partial charge in [-0.05, 0) is 29.1 Å². The molecule has 0 radical (unpaired) electrons. The van der Waals surface area contributed by atoms with Crippen molar-refractivity contribution in [1.29, 1.82) is 0 Å². The second-order valence-corrected chi connectivity index (χ2v) is 6.98. The molecule has 1 N–H and O–H groups in total. The normalized spacial score (nSPS) is 10.8. The number of nitrogens with zero attached hydrogens (tertiary/aromatic N) is 3. The first-order chi connectivity index (χ1) is 13.2. The molecule has 0 unspecified atom stereocenters. The first-order valence-corrected chi connectivity index (χ1v) is 9.30. The van der Waals surface area contributed by atoms with Gasteiger partial charge in [-0.1, -0.05) is 36.4 Å². The molecule has 0 atom stereocenters. The molecule has 1 amide bonds. The van der Waals surface area contributed by atoms with Crippen molar-refractivity contribution in [2.75, 3.05) is 0 Å². The van der Waals surface area contributed by atoms with Crippen LogP contribution < -0.4 is 10.9 Å². The van der Waals surface area contributed by atoms with Crippen molar-refractivity contribution < 1.29 is 4.79 Å². The Morgan fingerprint density at radius 1 is 1.07 bits per heavy atom. The van der Waals surface area contributed by atoms with Gasteiger partial charge in [0.2, 0.25) is 0 Å². The number of carbonyl (C=O) groups is 1. The Morgan fingerprint density at radius 2 is 1.93 bits per heavy atom. The van der Waals surface area contributed by atoms with Gasteiger partial charge < -0.3 is 5.32 Å². The van der Waals surface area contributed by atoms with E-state index in [0.717, 1.165) is 10.4 Å². The van der Waals surface area contributed by atoms with Crippen molar-refractivity contribution in [3.05, 3.63) is 92.7 Å². The topological polar surface area (TPSA) is 76.9 Å². The molecule has 0 aliphatic rings. The fraction of sp³-hybridized carbons (Fsp3) is 0.100. The zero-order valence-electron chi connectivity index (χ0n) is 14.3. The van der Waals surface area contributed by atoms with Gasteiger partial charge in [-0.25, -0.2) is 9.97 Å². The van der Waals surface area contributed by atoms with E-state index >= 15 is 0 Å². The van der Waals surface area contributed by atoms with Gasteiger partial charge in [-0.2, -0.15) is 0 Å². The van der Waals surface area contributed by atoms with Crippen LogP contribution in [0.4, 0.5) is 0 Å². The number of hydrogen-bond acceptors (Lipinski definition) is 5. The van der Waals surface area contributed by atoms with Crippen LogP contribution in [0.2, 0.25) is 0 Å². The quantitative estimate of drug-likeness (QED) is 0.581. The number of fused-ring (bicyclic) bond motifs is 1. The fourth-order valence-electron chi connectivity index (χ4n) is 2.80. The van der Waals surface area contributed by atoms with Crippen molar-refractivity contribution in [1.82, 2.24) is 19.9 Å². The molecule has 0 aliphatic heterocycles. The van der Waals surface area contributed by atoms with E-state index in [-0.39, 0.29) is 5.69 Å². The zero-order valence-corrected chi connectivity index (χ0v) is 15.1. The zero-order chi connectivity index (χ0) is 18.6. The molecule has 0 spiro atoms. The number of rotatable bonds is 5. The standard InChI is InChI=1S/C20H16N4O2S/c25-19(22-12-15-8-5-11-27-15)17-20(26)24(13-14-6-2-1-3-7-14)18-16(23-17)9-4-10-21-18/h1-11H,12-13H2,(H,22,25). The molecule has 4 aromatic rings. The minimum atomic E-state index is -0.485. The second kappa shape index (κ2) is 7.51. The van der Waals surface area contributed by atoms with Crippen molar-refractivity contribution in [3.8, 4) is 0 Å². The summed E-state index contributed by atoms with van der Waals surface area (Å²) in [5.74, 6) is -0.485. The lowest BCUT2D eigenvalue weighted by Gasteiger charge is -2.11. The Morgan fingerprint density at radius 3 is 2.70 bits per heavy atom. The van der Waals surface area contributed by atoms with Crippen molar-refractivity contribution >= 4 is 28.4 Å². The summed E-state index contributed by atoms with van der Waals surface area (Å²) in [4.78, 5) is 35.2. The molecule has 134 valence electrons. The first-order valence-electron chi connectivity index (χ1n) is 8.42. The molecular weight excluding hydrogens is 360 g/mol. The fourth-order valence-corrected chi connectivity index (χ4v) is 3.45. The van der Waals surface area contributed by atoms with Gasteiger partial charge >= 0.3 is 0 Å². The Balaban J connectivity index is 1.73. The summed E-state index contributed by atoms with van der Waals surface area (Å²) in [6.07, 6.45) is 1.61. The predicted octanol–water partition coefficient (Wildman–Crippen LogP) is 2.83. The van der Waals surface area contributed by atoms with Crippen molar-refractivity contribution in [2.24, 2.45) is 0 Å². The van der Waals surface area contributed by atoms with Crippen LogP contribution in [-0.2, 0) is 13.1 Å². The van der Waals surface area contributed by atoms with Crippen molar-refractivity contribution in [2.45, 2.75) is 13.1 Å². The summed E-state index contributed by atoms with van der Waals surface area (Å²) >= 11 is 1.54. The van der Waals surface area contributed by atoms with Gasteiger partial charge in [-0.3, -0.25) is 14.2 Å². The predicted molar refractivity (Wildman–Crippen MR) is 105 cm³/mol. The summed E-state index contributed by atoms with van der Waals surface area (Å²) in [5.41, 5.74) is 1.34. The summed E-state index contributed by atoms with van der Waals surface area (Å²) in [6, 6.07) is 16.9. The van der Waals surface area contributed by atoms with Gasteiger partial charge in [-0.15, -0.1) is 11.3 Å². The molecule has 3 heterocycles. The molecule has 4 rings (SSSR count). The first kappa shape index (κ1) is 17.1. The van der Waals surface area contributed by atoms with E-state index in [0.29, 0.717) is 24.3 Å². The van der Waals surface area contributed by atoms with Crippen molar-refractivity contribution in [3.63, 3.8) is 0 Å².